The van der Waals surface area contributed by atoms with Crippen LogP contribution in [-0.4, -0.2) is 90.2 Å². The zero-order valence-electron chi connectivity index (χ0n) is 36.8. The quantitative estimate of drug-likeness (QED) is 0.0470. The highest BCUT2D eigenvalue weighted by molar-refractivity contribution is 6.77. The predicted octanol–water partition coefficient (Wildman–Crippen LogP) is 8.53. The van der Waals surface area contributed by atoms with Crippen molar-refractivity contribution < 1.29 is 38.4 Å². The van der Waals surface area contributed by atoms with Crippen LogP contribution in [0.4, 0.5) is 5.82 Å². The highest BCUT2D eigenvalue weighted by atomic mass is 28.4. The second kappa shape index (κ2) is 20.6. The summed E-state index contributed by atoms with van der Waals surface area (Å²) in [5, 5.41) is 25.4. The van der Waals surface area contributed by atoms with Crippen molar-refractivity contribution in [3.8, 4) is 11.5 Å². The van der Waals surface area contributed by atoms with Crippen LogP contribution >= 0.6 is 0 Å². The second-order valence-electron chi connectivity index (χ2n) is 16.1. The van der Waals surface area contributed by atoms with Gasteiger partial charge in [0.25, 0.3) is 5.91 Å². The lowest BCUT2D eigenvalue weighted by atomic mass is 9.80. The summed E-state index contributed by atoms with van der Waals surface area (Å²) in [6.45, 7) is 12.1. The van der Waals surface area contributed by atoms with Gasteiger partial charge >= 0.3 is 0 Å². The van der Waals surface area contributed by atoms with E-state index in [1.165, 1.54) is 12.7 Å². The maximum absolute atomic E-state index is 13.2. The summed E-state index contributed by atoms with van der Waals surface area (Å²) >= 11 is 0. The smallest absolute Gasteiger partial charge is 0.256 e. The van der Waals surface area contributed by atoms with Crippen molar-refractivity contribution in [1.29, 1.82) is 0 Å². The zero-order chi connectivity index (χ0) is 44.4. The van der Waals surface area contributed by atoms with Crippen LogP contribution < -0.4 is 14.8 Å². The number of aliphatic hydroxyl groups excluding tert-OH is 2. The van der Waals surface area contributed by atoms with Gasteiger partial charge in [-0.15, -0.1) is 0 Å². The molecule has 2 heterocycles. The molecule has 0 saturated carbocycles. The molecule has 0 aliphatic heterocycles. The first-order valence-electron chi connectivity index (χ1n) is 21.0. The molecule has 0 saturated heterocycles. The van der Waals surface area contributed by atoms with E-state index in [2.05, 4.69) is 61.8 Å². The molecule has 14 heteroatoms. The van der Waals surface area contributed by atoms with E-state index in [1.54, 1.807) is 43.1 Å². The number of rotatable bonds is 21. The second-order valence-corrected chi connectivity index (χ2v) is 21.6. The molecule has 3 N–H and O–H groups in total. The standard InChI is InChI=1S/C48H59N5O8Si/c1-32(2)62(33(3)4,34(5)6)61-41(27-54)42(60-43(28-55)53-31-51-44-45(49-30-50-46(44)53)52-47(56)35-15-11-9-12-16-35)29-59-48(36-17-13-10-14-18-36,37-19-23-39(57-7)24-20-37)38-21-25-40(58-8)26-22-38/h9-26,30-34,41-43,54-55H,27-29H2,1-8H3,(H,49,50,52,56)/t41?,42-,43+/m0/s1. The van der Waals surface area contributed by atoms with Gasteiger partial charge in [-0.25, -0.2) is 15.0 Å². The van der Waals surface area contributed by atoms with Gasteiger partial charge in [0.15, 0.2) is 23.2 Å². The van der Waals surface area contributed by atoms with Gasteiger partial charge in [0.1, 0.15) is 29.5 Å². The van der Waals surface area contributed by atoms with E-state index in [-0.39, 0.29) is 41.6 Å². The van der Waals surface area contributed by atoms with E-state index < -0.39 is 39.0 Å². The van der Waals surface area contributed by atoms with E-state index >= 15 is 0 Å². The monoisotopic (exact) mass is 861 g/mol. The number of aromatic nitrogens is 4. The molecule has 6 rings (SSSR count). The van der Waals surface area contributed by atoms with E-state index in [4.69, 9.17) is 23.4 Å². The predicted molar refractivity (Wildman–Crippen MR) is 242 cm³/mol. The molecule has 4 aromatic carbocycles. The van der Waals surface area contributed by atoms with Crippen LogP contribution in [0.15, 0.2) is 122 Å². The Morgan fingerprint density at radius 2 is 1.23 bits per heavy atom. The van der Waals surface area contributed by atoms with Gasteiger partial charge in [-0.05, 0) is 69.7 Å². The van der Waals surface area contributed by atoms with Crippen LogP contribution in [0.3, 0.4) is 0 Å². The Labute approximate surface area is 365 Å². The largest absolute Gasteiger partial charge is 0.497 e. The van der Waals surface area contributed by atoms with Crippen molar-refractivity contribution in [3.63, 3.8) is 0 Å². The average molecular weight is 862 g/mol. The molecule has 0 aliphatic carbocycles. The number of ether oxygens (including phenoxy) is 4. The molecule has 0 aliphatic rings. The molecule has 0 radical (unpaired) electrons. The normalized spacial score (nSPS) is 13.7. The first kappa shape index (κ1) is 46.0. The van der Waals surface area contributed by atoms with E-state index in [0.29, 0.717) is 28.2 Å². The number of nitrogens with zero attached hydrogens (tertiary/aromatic N) is 4. The molecule has 1 amide bonds. The average Bonchev–Trinajstić information content (AvgIpc) is 3.74. The third-order valence-electron chi connectivity index (χ3n) is 11.7. The number of anilines is 1. The van der Waals surface area contributed by atoms with E-state index in [9.17, 15) is 15.0 Å². The van der Waals surface area contributed by atoms with Crippen molar-refractivity contribution in [3.05, 3.63) is 144 Å². The molecular formula is C48H59N5O8Si. The number of nitrogens with one attached hydrogen (secondary N) is 1. The number of carbonyl (C=O) groups excluding carboxylic acids is 1. The lowest BCUT2D eigenvalue weighted by Crippen LogP contribution is -2.55. The molecule has 328 valence electrons. The summed E-state index contributed by atoms with van der Waals surface area (Å²) in [6, 6.07) is 34.2. The number of imidazole rings is 1. The Morgan fingerprint density at radius 1 is 0.694 bits per heavy atom. The number of amides is 1. The van der Waals surface area contributed by atoms with Gasteiger partial charge in [0.2, 0.25) is 8.32 Å². The lowest BCUT2D eigenvalue weighted by molar-refractivity contribution is -0.162. The fourth-order valence-corrected chi connectivity index (χ4v) is 14.3. The van der Waals surface area contributed by atoms with E-state index in [0.717, 1.165) is 16.7 Å². The van der Waals surface area contributed by atoms with Crippen molar-refractivity contribution in [1.82, 2.24) is 19.5 Å². The van der Waals surface area contributed by atoms with Crippen molar-refractivity contribution in [2.45, 2.75) is 82.2 Å². The van der Waals surface area contributed by atoms with Gasteiger partial charge in [-0.3, -0.25) is 9.36 Å². The number of hydrogen-bond acceptors (Lipinski definition) is 11. The topological polar surface area (TPSA) is 159 Å². The van der Waals surface area contributed by atoms with Crippen LogP contribution in [-0.2, 0) is 19.5 Å². The Morgan fingerprint density at radius 3 is 1.73 bits per heavy atom. The summed E-state index contributed by atoms with van der Waals surface area (Å²) < 4.78 is 34.3. The van der Waals surface area contributed by atoms with E-state index in [1.807, 2.05) is 84.9 Å². The van der Waals surface area contributed by atoms with Gasteiger partial charge < -0.3 is 38.9 Å². The Balaban J connectivity index is 1.47. The first-order valence-corrected chi connectivity index (χ1v) is 23.1. The van der Waals surface area contributed by atoms with Crippen molar-refractivity contribution >= 4 is 31.2 Å². The minimum Gasteiger partial charge on any atom is -0.497 e. The van der Waals surface area contributed by atoms with Crippen molar-refractivity contribution in [2.24, 2.45) is 0 Å². The first-order chi connectivity index (χ1) is 29.9. The SMILES string of the molecule is COc1ccc(C(OC[C@H](O[C@H](CO)n2cnc3c(NC(=O)c4ccccc4)ncnc32)C(CO)O[Si](C(C)C)(C(C)C)C(C)C)(c2ccccc2)c2ccc(OC)cc2)cc1. The highest BCUT2D eigenvalue weighted by Crippen LogP contribution is 2.45. The molecule has 0 spiro atoms. The number of aliphatic hydroxyl groups is 2. The van der Waals surface area contributed by atoms with Gasteiger partial charge in [0.05, 0.1) is 46.5 Å². The summed E-state index contributed by atoms with van der Waals surface area (Å²) in [7, 11) is 0.599. The summed E-state index contributed by atoms with van der Waals surface area (Å²) in [5.74, 6) is 1.20. The van der Waals surface area contributed by atoms with Crippen LogP contribution in [0, 0.1) is 0 Å². The maximum Gasteiger partial charge on any atom is 0.256 e. The van der Waals surface area contributed by atoms with Crippen molar-refractivity contribution in [2.75, 3.05) is 39.4 Å². The Hall–Kier alpha value is -5.48. The fraction of sp³-hybridized carbons (Fsp3) is 0.375. The maximum atomic E-state index is 13.2. The minimum atomic E-state index is -2.65. The fourth-order valence-electron chi connectivity index (χ4n) is 8.74. The Bertz CT molecular complexity index is 2260. The summed E-state index contributed by atoms with van der Waals surface area (Å²) in [5.41, 5.74) is 2.87. The third kappa shape index (κ3) is 9.45. The van der Waals surface area contributed by atoms with Crippen LogP contribution in [0.2, 0.25) is 16.6 Å². The van der Waals surface area contributed by atoms with Crippen LogP contribution in [0.1, 0.15) is 74.8 Å². The minimum absolute atomic E-state index is 0.104. The van der Waals surface area contributed by atoms with Gasteiger partial charge in [0, 0.05) is 5.56 Å². The van der Waals surface area contributed by atoms with Gasteiger partial charge in [-0.2, -0.15) is 0 Å². The number of benzene rings is 4. The molecule has 0 bridgehead atoms. The number of hydrogen-bond donors (Lipinski definition) is 3. The van der Waals surface area contributed by atoms with Crippen LogP contribution in [0.5, 0.6) is 11.5 Å². The number of carbonyl (C=O) groups is 1. The molecule has 6 aromatic rings. The molecule has 13 nitrogen and oxygen atoms in total. The molecular weight excluding hydrogens is 803 g/mol. The Kier molecular flexibility index (Phi) is 15.3. The highest BCUT2D eigenvalue weighted by Gasteiger charge is 2.49. The number of methoxy groups -OCH3 is 2. The summed E-state index contributed by atoms with van der Waals surface area (Å²) in [6.07, 6.45) is -0.116. The van der Waals surface area contributed by atoms with Gasteiger partial charge in [-0.1, -0.05) is 114 Å². The number of fused-ring (bicyclic) bond motifs is 1. The molecule has 1 unspecified atom stereocenters. The molecule has 2 aromatic heterocycles. The molecule has 3 atom stereocenters. The summed E-state index contributed by atoms with van der Waals surface area (Å²) in [4.78, 5) is 26.6. The molecule has 0 fully saturated rings. The third-order valence-corrected chi connectivity index (χ3v) is 17.8. The lowest BCUT2D eigenvalue weighted by Gasteiger charge is -2.46. The molecule has 62 heavy (non-hydrogen) atoms. The van der Waals surface area contributed by atoms with Crippen LogP contribution in [0.25, 0.3) is 11.2 Å². The zero-order valence-corrected chi connectivity index (χ0v) is 37.8.